The highest BCUT2D eigenvalue weighted by molar-refractivity contribution is 6.35. The highest BCUT2D eigenvalue weighted by Crippen LogP contribution is 2.28. The quantitative estimate of drug-likeness (QED) is 0.570. The molecule has 0 bridgehead atoms. The second-order valence-electron chi connectivity index (χ2n) is 4.91. The van der Waals surface area contributed by atoms with Gasteiger partial charge in [-0.1, -0.05) is 29.3 Å². The minimum Gasteiger partial charge on any atom is -0.493 e. The van der Waals surface area contributed by atoms with Gasteiger partial charge in [-0.3, -0.25) is 4.79 Å². The number of rotatable bonds is 7. The van der Waals surface area contributed by atoms with Gasteiger partial charge in [0.2, 0.25) is 0 Å². The molecule has 0 aliphatic carbocycles. The van der Waals surface area contributed by atoms with Gasteiger partial charge in [0.25, 0.3) is 0 Å². The molecule has 0 saturated carbocycles. The summed E-state index contributed by atoms with van der Waals surface area (Å²) in [6, 6.07) is 9.46. The van der Waals surface area contributed by atoms with Crippen molar-refractivity contribution >= 4 is 41.0 Å². The Morgan fingerprint density at radius 2 is 1.88 bits per heavy atom. The van der Waals surface area contributed by atoms with Gasteiger partial charge in [-0.05, 0) is 48.0 Å². The van der Waals surface area contributed by atoms with Crippen LogP contribution in [0.25, 0.3) is 6.08 Å². The summed E-state index contributed by atoms with van der Waals surface area (Å²) in [5.41, 5.74) is 1.02. The average molecular weight is 381 g/mol. The van der Waals surface area contributed by atoms with Crippen molar-refractivity contribution in [2.75, 3.05) is 13.7 Å². The number of benzene rings is 2. The second-order valence-corrected chi connectivity index (χ2v) is 5.76. The summed E-state index contributed by atoms with van der Waals surface area (Å²) in [6.07, 6.45) is 2.96. The van der Waals surface area contributed by atoms with E-state index in [0.717, 1.165) is 0 Å². The second kappa shape index (κ2) is 8.55. The van der Waals surface area contributed by atoms with Crippen molar-refractivity contribution in [1.82, 2.24) is 0 Å². The first-order valence-electron chi connectivity index (χ1n) is 7.11. The van der Waals surface area contributed by atoms with Gasteiger partial charge in [0, 0.05) is 15.6 Å². The molecule has 0 heterocycles. The van der Waals surface area contributed by atoms with Gasteiger partial charge in [0.15, 0.2) is 23.9 Å². The first-order valence-corrected chi connectivity index (χ1v) is 7.86. The molecule has 2 rings (SSSR count). The van der Waals surface area contributed by atoms with Crippen molar-refractivity contribution in [1.29, 1.82) is 0 Å². The van der Waals surface area contributed by atoms with Gasteiger partial charge in [0.1, 0.15) is 0 Å². The van der Waals surface area contributed by atoms with Gasteiger partial charge in [-0.25, -0.2) is 4.79 Å². The number of carboxylic acid groups (broad SMARTS) is 1. The molecule has 5 nitrogen and oxygen atoms in total. The maximum absolute atomic E-state index is 12.3. The van der Waals surface area contributed by atoms with Crippen LogP contribution < -0.4 is 9.47 Å². The van der Waals surface area contributed by atoms with Gasteiger partial charge < -0.3 is 14.6 Å². The number of carboxylic acids is 1. The Bertz CT molecular complexity index is 830. The minimum absolute atomic E-state index is 0.242. The van der Waals surface area contributed by atoms with Crippen LogP contribution in [-0.4, -0.2) is 30.6 Å². The standard InChI is InChI=1S/C18H14Cl2O5/c1-24-17-8-12(4-7-16(17)25-10-18(22)23)15(21)6-3-11-2-5-13(19)9-14(11)20/h2-9H,10H2,1H3,(H,22,23). The van der Waals surface area contributed by atoms with Crippen molar-refractivity contribution in [2.24, 2.45) is 0 Å². The maximum Gasteiger partial charge on any atom is 0.341 e. The Balaban J connectivity index is 2.18. The number of methoxy groups -OCH3 is 1. The van der Waals surface area contributed by atoms with Gasteiger partial charge in [-0.2, -0.15) is 0 Å². The van der Waals surface area contributed by atoms with Crippen molar-refractivity contribution in [2.45, 2.75) is 0 Å². The number of halogens is 2. The normalized spacial score (nSPS) is 10.7. The van der Waals surface area contributed by atoms with Gasteiger partial charge in [0.05, 0.1) is 7.11 Å². The molecule has 0 radical (unpaired) electrons. The van der Waals surface area contributed by atoms with Crippen LogP contribution in [0.5, 0.6) is 11.5 Å². The number of ether oxygens (including phenoxy) is 2. The van der Waals surface area contributed by atoms with Crippen molar-refractivity contribution in [3.63, 3.8) is 0 Å². The van der Waals surface area contributed by atoms with E-state index in [2.05, 4.69) is 0 Å². The Morgan fingerprint density at radius 1 is 1.12 bits per heavy atom. The predicted molar refractivity (Wildman–Crippen MR) is 96.0 cm³/mol. The number of hydrogen-bond acceptors (Lipinski definition) is 4. The molecular formula is C18H14Cl2O5. The first-order chi connectivity index (χ1) is 11.9. The Morgan fingerprint density at radius 3 is 2.52 bits per heavy atom. The largest absolute Gasteiger partial charge is 0.493 e. The minimum atomic E-state index is -1.11. The van der Waals surface area contributed by atoms with Crippen LogP contribution in [-0.2, 0) is 4.79 Å². The first kappa shape index (κ1) is 18.8. The Labute approximate surface area is 154 Å². The van der Waals surface area contributed by atoms with E-state index in [4.69, 9.17) is 37.8 Å². The van der Waals surface area contributed by atoms with Gasteiger partial charge >= 0.3 is 5.97 Å². The molecule has 25 heavy (non-hydrogen) atoms. The van der Waals surface area contributed by atoms with Crippen LogP contribution in [0.1, 0.15) is 15.9 Å². The van der Waals surface area contributed by atoms with Crippen LogP contribution in [0.3, 0.4) is 0 Å². The number of hydrogen-bond donors (Lipinski definition) is 1. The summed E-state index contributed by atoms with van der Waals surface area (Å²) in [7, 11) is 1.40. The van der Waals surface area contributed by atoms with Crippen molar-refractivity contribution < 1.29 is 24.2 Å². The molecule has 0 aliphatic heterocycles. The van der Waals surface area contributed by atoms with Crippen LogP contribution in [0.4, 0.5) is 0 Å². The zero-order valence-electron chi connectivity index (χ0n) is 13.2. The Hall–Kier alpha value is -2.50. The third-order valence-corrected chi connectivity index (χ3v) is 3.74. The molecule has 0 fully saturated rings. The fraction of sp³-hybridized carbons (Fsp3) is 0.111. The fourth-order valence-electron chi connectivity index (χ4n) is 1.98. The summed E-state index contributed by atoms with van der Waals surface area (Å²) < 4.78 is 10.2. The van der Waals surface area contributed by atoms with Crippen molar-refractivity contribution in [3.8, 4) is 11.5 Å². The lowest BCUT2D eigenvalue weighted by Crippen LogP contribution is -2.10. The number of aliphatic carboxylic acids is 1. The lowest BCUT2D eigenvalue weighted by molar-refractivity contribution is -0.139. The molecular weight excluding hydrogens is 367 g/mol. The molecule has 1 N–H and O–H groups in total. The number of carbonyl (C=O) groups is 2. The van der Waals surface area contributed by atoms with E-state index in [0.29, 0.717) is 21.2 Å². The maximum atomic E-state index is 12.3. The molecule has 2 aromatic rings. The lowest BCUT2D eigenvalue weighted by Gasteiger charge is -2.10. The molecule has 0 saturated heterocycles. The van der Waals surface area contributed by atoms with E-state index in [9.17, 15) is 9.59 Å². The molecule has 0 atom stereocenters. The van der Waals surface area contributed by atoms with E-state index in [1.807, 2.05) is 0 Å². The molecule has 0 amide bonds. The predicted octanol–water partition coefficient (Wildman–Crippen LogP) is 4.36. The van der Waals surface area contributed by atoms with E-state index in [1.165, 1.54) is 31.4 Å². The molecule has 7 heteroatoms. The van der Waals surface area contributed by atoms with Crippen LogP contribution >= 0.6 is 23.2 Å². The monoisotopic (exact) mass is 380 g/mol. The molecule has 130 valence electrons. The third kappa shape index (κ3) is 5.24. The van der Waals surface area contributed by atoms with E-state index in [1.54, 1.807) is 24.3 Å². The highest BCUT2D eigenvalue weighted by Gasteiger charge is 2.11. The third-order valence-electron chi connectivity index (χ3n) is 3.18. The fourth-order valence-corrected chi connectivity index (χ4v) is 2.45. The summed E-state index contributed by atoms with van der Waals surface area (Å²) in [6.45, 7) is -0.501. The van der Waals surface area contributed by atoms with Crippen LogP contribution in [0, 0.1) is 0 Å². The molecule has 0 aromatic heterocycles. The lowest BCUT2D eigenvalue weighted by atomic mass is 10.1. The summed E-state index contributed by atoms with van der Waals surface area (Å²) in [4.78, 5) is 22.9. The molecule has 0 unspecified atom stereocenters. The zero-order chi connectivity index (χ0) is 18.4. The van der Waals surface area contributed by atoms with Gasteiger partial charge in [-0.15, -0.1) is 0 Å². The number of ketones is 1. The van der Waals surface area contributed by atoms with E-state index < -0.39 is 12.6 Å². The number of allylic oxidation sites excluding steroid dienone is 1. The summed E-state index contributed by atoms with van der Waals surface area (Å²) >= 11 is 11.9. The van der Waals surface area contributed by atoms with E-state index >= 15 is 0 Å². The zero-order valence-corrected chi connectivity index (χ0v) is 14.7. The smallest absolute Gasteiger partial charge is 0.341 e. The molecule has 2 aromatic carbocycles. The highest BCUT2D eigenvalue weighted by atomic mass is 35.5. The van der Waals surface area contributed by atoms with Crippen LogP contribution in [0.2, 0.25) is 10.0 Å². The molecule has 0 spiro atoms. The Kier molecular flexibility index (Phi) is 6.44. The average Bonchev–Trinajstić information content (AvgIpc) is 2.58. The van der Waals surface area contributed by atoms with E-state index in [-0.39, 0.29) is 17.3 Å². The molecule has 0 aliphatic rings. The van der Waals surface area contributed by atoms with Crippen molar-refractivity contribution in [3.05, 3.63) is 63.6 Å². The topological polar surface area (TPSA) is 72.8 Å². The van der Waals surface area contributed by atoms with Crippen LogP contribution in [0.15, 0.2) is 42.5 Å². The summed E-state index contributed by atoms with van der Waals surface area (Å²) in [5.74, 6) is -0.865. The number of carbonyl (C=O) groups excluding carboxylic acids is 1. The SMILES string of the molecule is COc1cc(C(=O)C=Cc2ccc(Cl)cc2Cl)ccc1OCC(=O)O. The summed E-state index contributed by atoms with van der Waals surface area (Å²) in [5, 5.41) is 9.60.